The highest BCUT2D eigenvalue weighted by Crippen LogP contribution is 2.29. The van der Waals surface area contributed by atoms with Crippen LogP contribution in [0.25, 0.3) is 0 Å². The van der Waals surface area contributed by atoms with E-state index in [1.807, 2.05) is 12.1 Å². The molecule has 5 N–H and O–H groups in total. The van der Waals surface area contributed by atoms with E-state index in [1.165, 1.54) is 17.7 Å². The molecule has 1 fully saturated rings. The molecule has 1 aliphatic heterocycles. The number of benzene rings is 2. The third-order valence-corrected chi connectivity index (χ3v) is 5.23. The van der Waals surface area contributed by atoms with E-state index in [0.717, 1.165) is 31.4 Å². The Bertz CT molecular complexity index is 791. The van der Waals surface area contributed by atoms with Crippen LogP contribution < -0.4 is 15.8 Å². The molecule has 6 nitrogen and oxygen atoms in total. The van der Waals surface area contributed by atoms with Crippen LogP contribution in [-0.4, -0.2) is 35.3 Å². The summed E-state index contributed by atoms with van der Waals surface area (Å²) in [5.74, 6) is -0.0290. The van der Waals surface area contributed by atoms with E-state index >= 15 is 0 Å². The third-order valence-electron chi connectivity index (χ3n) is 5.23. The van der Waals surface area contributed by atoms with Gasteiger partial charge in [0.15, 0.2) is 0 Å². The largest absolute Gasteiger partial charge is 0.507 e. The first-order chi connectivity index (χ1) is 13.0. The SMILES string of the molecule is COc1ccc(CC[C@@H]2CC[C@H](C(O)c3ccc(O)c(C(N)=O)c3)N2)cc1. The van der Waals surface area contributed by atoms with Crippen LogP contribution in [0.15, 0.2) is 42.5 Å². The third kappa shape index (κ3) is 4.59. The average molecular weight is 370 g/mol. The van der Waals surface area contributed by atoms with Gasteiger partial charge in [0, 0.05) is 12.1 Å². The van der Waals surface area contributed by atoms with Crippen molar-refractivity contribution >= 4 is 5.91 Å². The number of carbonyl (C=O) groups excluding carboxylic acids is 1. The fourth-order valence-corrected chi connectivity index (χ4v) is 3.63. The van der Waals surface area contributed by atoms with E-state index in [0.29, 0.717) is 11.6 Å². The first kappa shape index (κ1) is 19.2. The predicted octanol–water partition coefficient (Wildman–Crippen LogP) is 2.29. The van der Waals surface area contributed by atoms with Crippen molar-refractivity contribution in [1.82, 2.24) is 5.32 Å². The quantitative estimate of drug-likeness (QED) is 0.599. The summed E-state index contributed by atoms with van der Waals surface area (Å²) >= 11 is 0. The van der Waals surface area contributed by atoms with Gasteiger partial charge in [0.25, 0.3) is 5.91 Å². The molecule has 144 valence electrons. The van der Waals surface area contributed by atoms with Crippen molar-refractivity contribution in [2.45, 2.75) is 43.9 Å². The number of methoxy groups -OCH3 is 1. The second-order valence-corrected chi connectivity index (χ2v) is 7.02. The fraction of sp³-hybridized carbons (Fsp3) is 0.381. The Hall–Kier alpha value is -2.57. The van der Waals surface area contributed by atoms with Gasteiger partial charge in [-0.05, 0) is 61.1 Å². The number of aliphatic hydroxyl groups is 1. The van der Waals surface area contributed by atoms with Gasteiger partial charge in [-0.15, -0.1) is 0 Å². The summed E-state index contributed by atoms with van der Waals surface area (Å²) in [6.45, 7) is 0. The van der Waals surface area contributed by atoms with Crippen LogP contribution in [0.3, 0.4) is 0 Å². The minimum atomic E-state index is -0.755. The topological polar surface area (TPSA) is 105 Å². The van der Waals surface area contributed by atoms with E-state index in [9.17, 15) is 15.0 Å². The Morgan fingerprint density at radius 3 is 2.67 bits per heavy atom. The average Bonchev–Trinajstić information content (AvgIpc) is 3.15. The highest BCUT2D eigenvalue weighted by molar-refractivity contribution is 5.95. The van der Waals surface area contributed by atoms with Crippen LogP contribution in [0, 0.1) is 0 Å². The van der Waals surface area contributed by atoms with Crippen molar-refractivity contribution in [3.05, 3.63) is 59.2 Å². The molecule has 0 aromatic heterocycles. The normalized spacial score (nSPS) is 20.4. The number of aliphatic hydroxyl groups excluding tert-OH is 1. The van der Waals surface area contributed by atoms with Gasteiger partial charge in [-0.3, -0.25) is 4.79 Å². The molecule has 3 atom stereocenters. The molecule has 1 heterocycles. The first-order valence-electron chi connectivity index (χ1n) is 9.17. The molecule has 0 saturated carbocycles. The van der Waals surface area contributed by atoms with Crippen molar-refractivity contribution in [2.24, 2.45) is 5.73 Å². The maximum atomic E-state index is 11.4. The molecular formula is C21H26N2O4. The maximum absolute atomic E-state index is 11.4. The zero-order valence-electron chi connectivity index (χ0n) is 15.4. The molecule has 3 rings (SSSR count). The first-order valence-corrected chi connectivity index (χ1v) is 9.17. The van der Waals surface area contributed by atoms with Gasteiger partial charge in [0.2, 0.25) is 0 Å². The summed E-state index contributed by atoms with van der Waals surface area (Å²) in [5, 5.41) is 23.9. The number of aromatic hydroxyl groups is 1. The lowest BCUT2D eigenvalue weighted by atomic mass is 9.98. The van der Waals surface area contributed by atoms with E-state index in [-0.39, 0.29) is 17.4 Å². The molecule has 1 aliphatic rings. The van der Waals surface area contributed by atoms with Crippen LogP contribution >= 0.6 is 0 Å². The molecule has 2 aromatic carbocycles. The van der Waals surface area contributed by atoms with Gasteiger partial charge >= 0.3 is 0 Å². The smallest absolute Gasteiger partial charge is 0.252 e. The molecule has 0 aliphatic carbocycles. The van der Waals surface area contributed by atoms with E-state index in [1.54, 1.807) is 13.2 Å². The molecule has 2 aromatic rings. The molecule has 0 spiro atoms. The predicted molar refractivity (Wildman–Crippen MR) is 103 cm³/mol. The lowest BCUT2D eigenvalue weighted by molar-refractivity contribution is 0.0996. The molecule has 0 radical (unpaired) electrons. The Kier molecular flexibility index (Phi) is 5.98. The van der Waals surface area contributed by atoms with Crippen molar-refractivity contribution in [3.63, 3.8) is 0 Å². The number of aryl methyl sites for hydroxylation is 1. The highest BCUT2D eigenvalue weighted by atomic mass is 16.5. The molecule has 1 amide bonds. The van der Waals surface area contributed by atoms with Crippen molar-refractivity contribution in [3.8, 4) is 11.5 Å². The van der Waals surface area contributed by atoms with Crippen molar-refractivity contribution in [1.29, 1.82) is 0 Å². The fourth-order valence-electron chi connectivity index (χ4n) is 3.63. The monoisotopic (exact) mass is 370 g/mol. The standard InChI is InChI=1S/C21H26N2O4/c1-27-16-8-3-13(4-9-16)2-6-15-7-10-18(23-15)20(25)14-5-11-19(24)17(12-14)21(22)26/h3-5,8-9,11-12,15,18,20,23-25H,2,6-7,10H2,1H3,(H2,22,26)/t15-,18-,20?/m1/s1. The number of rotatable bonds is 7. The molecule has 0 bridgehead atoms. The summed E-state index contributed by atoms with van der Waals surface area (Å²) in [7, 11) is 1.66. The van der Waals surface area contributed by atoms with Crippen LogP contribution in [0.4, 0.5) is 0 Å². The van der Waals surface area contributed by atoms with Gasteiger partial charge in [0.05, 0.1) is 18.8 Å². The van der Waals surface area contributed by atoms with Crippen LogP contribution in [0.5, 0.6) is 11.5 Å². The zero-order valence-corrected chi connectivity index (χ0v) is 15.4. The van der Waals surface area contributed by atoms with E-state index in [2.05, 4.69) is 17.4 Å². The number of phenols is 1. The number of nitrogens with one attached hydrogen (secondary N) is 1. The van der Waals surface area contributed by atoms with Gasteiger partial charge < -0.3 is 26.0 Å². The summed E-state index contributed by atoms with van der Waals surface area (Å²) in [5.41, 5.74) is 7.13. The minimum Gasteiger partial charge on any atom is -0.507 e. The number of nitrogens with two attached hydrogens (primary N) is 1. The number of primary amides is 1. The summed E-state index contributed by atoms with van der Waals surface area (Å²) < 4.78 is 5.18. The number of carbonyl (C=O) groups is 1. The second-order valence-electron chi connectivity index (χ2n) is 7.02. The summed E-state index contributed by atoms with van der Waals surface area (Å²) in [6.07, 6.45) is 3.02. The molecule has 6 heteroatoms. The van der Waals surface area contributed by atoms with Crippen LogP contribution in [-0.2, 0) is 6.42 Å². The second kappa shape index (κ2) is 8.41. The van der Waals surface area contributed by atoms with E-state index in [4.69, 9.17) is 10.5 Å². The molecular weight excluding hydrogens is 344 g/mol. The Morgan fingerprint density at radius 2 is 2.00 bits per heavy atom. The molecule has 1 saturated heterocycles. The highest BCUT2D eigenvalue weighted by Gasteiger charge is 2.30. The van der Waals surface area contributed by atoms with Gasteiger partial charge in [-0.25, -0.2) is 0 Å². The van der Waals surface area contributed by atoms with Crippen molar-refractivity contribution < 1.29 is 19.7 Å². The molecule has 1 unspecified atom stereocenters. The number of hydrogen-bond donors (Lipinski definition) is 4. The lowest BCUT2D eigenvalue weighted by Gasteiger charge is -2.21. The minimum absolute atomic E-state index is 0.0283. The number of amides is 1. The van der Waals surface area contributed by atoms with Crippen molar-refractivity contribution in [2.75, 3.05) is 7.11 Å². The summed E-state index contributed by atoms with van der Waals surface area (Å²) in [6, 6.07) is 12.8. The van der Waals surface area contributed by atoms with Gasteiger partial charge in [-0.2, -0.15) is 0 Å². The van der Waals surface area contributed by atoms with Crippen LogP contribution in [0.1, 0.15) is 46.9 Å². The number of ether oxygens (including phenoxy) is 1. The van der Waals surface area contributed by atoms with Crippen LogP contribution in [0.2, 0.25) is 0 Å². The number of hydrogen-bond acceptors (Lipinski definition) is 5. The van der Waals surface area contributed by atoms with Gasteiger partial charge in [-0.1, -0.05) is 18.2 Å². The maximum Gasteiger partial charge on any atom is 0.252 e. The zero-order chi connectivity index (χ0) is 19.4. The summed E-state index contributed by atoms with van der Waals surface area (Å²) in [4.78, 5) is 11.4. The Labute approximate surface area is 159 Å². The van der Waals surface area contributed by atoms with E-state index < -0.39 is 12.0 Å². The lowest BCUT2D eigenvalue weighted by Crippen LogP contribution is -2.34. The Morgan fingerprint density at radius 1 is 1.26 bits per heavy atom. The van der Waals surface area contributed by atoms with Gasteiger partial charge in [0.1, 0.15) is 11.5 Å². The molecule has 27 heavy (non-hydrogen) atoms. The Balaban J connectivity index is 1.57.